The summed E-state index contributed by atoms with van der Waals surface area (Å²) in [6.07, 6.45) is 7.53. The Morgan fingerprint density at radius 1 is 1.47 bits per heavy atom. The van der Waals surface area contributed by atoms with E-state index in [-0.39, 0.29) is 0 Å². The van der Waals surface area contributed by atoms with E-state index in [0.29, 0.717) is 6.10 Å². The van der Waals surface area contributed by atoms with Gasteiger partial charge in [-0.2, -0.15) is 11.8 Å². The van der Waals surface area contributed by atoms with Gasteiger partial charge in [0.05, 0.1) is 6.10 Å². The summed E-state index contributed by atoms with van der Waals surface area (Å²) in [6.45, 7) is 6.93. The van der Waals surface area contributed by atoms with Crippen LogP contribution in [-0.2, 0) is 4.74 Å². The summed E-state index contributed by atoms with van der Waals surface area (Å²) in [7, 11) is 0. The number of thioether (sulfide) groups is 1. The first-order valence-corrected chi connectivity index (χ1v) is 7.10. The van der Waals surface area contributed by atoms with E-state index < -0.39 is 0 Å². The van der Waals surface area contributed by atoms with E-state index in [9.17, 15) is 0 Å². The monoisotopic (exact) mass is 229 g/mol. The maximum absolute atomic E-state index is 5.57. The predicted octanol–water partition coefficient (Wildman–Crippen LogP) is 2.45. The van der Waals surface area contributed by atoms with Crippen LogP contribution in [0, 0.1) is 0 Å². The molecule has 0 spiro atoms. The first-order chi connectivity index (χ1) is 7.43. The molecule has 3 heteroatoms. The third-order valence-electron chi connectivity index (χ3n) is 2.56. The second-order valence-corrected chi connectivity index (χ2v) is 5.04. The van der Waals surface area contributed by atoms with Crippen molar-refractivity contribution in [1.82, 2.24) is 5.32 Å². The van der Waals surface area contributed by atoms with Gasteiger partial charge in [-0.15, -0.1) is 6.58 Å². The molecule has 0 aliphatic carbocycles. The molecule has 0 aromatic carbocycles. The predicted molar refractivity (Wildman–Crippen MR) is 68.6 cm³/mol. The van der Waals surface area contributed by atoms with Crippen LogP contribution in [0.1, 0.15) is 25.7 Å². The number of rotatable bonds is 9. The highest BCUT2D eigenvalue weighted by Gasteiger charge is 2.13. The molecule has 1 saturated heterocycles. The van der Waals surface area contributed by atoms with Gasteiger partial charge in [0.1, 0.15) is 0 Å². The summed E-state index contributed by atoms with van der Waals surface area (Å²) in [5, 5.41) is 3.46. The maximum atomic E-state index is 5.57. The molecule has 0 saturated carbocycles. The van der Waals surface area contributed by atoms with Crippen LogP contribution in [0.25, 0.3) is 0 Å². The molecule has 1 N–H and O–H groups in total. The van der Waals surface area contributed by atoms with Gasteiger partial charge in [-0.25, -0.2) is 0 Å². The van der Waals surface area contributed by atoms with E-state index >= 15 is 0 Å². The maximum Gasteiger partial charge on any atom is 0.0576 e. The molecule has 0 aromatic rings. The molecule has 88 valence electrons. The minimum atomic E-state index is 0.557. The number of hydrogen-bond acceptors (Lipinski definition) is 3. The lowest BCUT2D eigenvalue weighted by Crippen LogP contribution is -2.20. The first-order valence-electron chi connectivity index (χ1n) is 5.94. The Bertz CT molecular complexity index is 158. The molecule has 0 radical (unpaired) electrons. The highest BCUT2D eigenvalue weighted by atomic mass is 32.2. The minimum absolute atomic E-state index is 0.557. The molecule has 0 bridgehead atoms. The van der Waals surface area contributed by atoms with E-state index in [0.717, 1.165) is 25.4 Å². The number of nitrogens with one attached hydrogen (secondary N) is 1. The molecule has 1 heterocycles. The Morgan fingerprint density at radius 2 is 2.40 bits per heavy atom. The van der Waals surface area contributed by atoms with Gasteiger partial charge in [-0.1, -0.05) is 6.08 Å². The molecule has 1 unspecified atom stereocenters. The molecule has 15 heavy (non-hydrogen) atoms. The van der Waals surface area contributed by atoms with Crippen LogP contribution in [0.2, 0.25) is 0 Å². The molecule has 1 aliphatic heterocycles. The van der Waals surface area contributed by atoms with Crippen molar-refractivity contribution in [1.29, 1.82) is 0 Å². The Labute approximate surface area is 97.8 Å². The van der Waals surface area contributed by atoms with E-state index in [2.05, 4.69) is 11.9 Å². The van der Waals surface area contributed by atoms with Crippen molar-refractivity contribution in [2.24, 2.45) is 0 Å². The quantitative estimate of drug-likeness (QED) is 0.485. The summed E-state index contributed by atoms with van der Waals surface area (Å²) in [5.74, 6) is 2.25. The summed E-state index contributed by atoms with van der Waals surface area (Å²) in [6, 6.07) is 0. The lowest BCUT2D eigenvalue weighted by molar-refractivity contribution is 0.102. The largest absolute Gasteiger partial charge is 0.378 e. The zero-order chi connectivity index (χ0) is 10.8. The molecule has 0 amide bonds. The Hall–Kier alpha value is 0.01000. The van der Waals surface area contributed by atoms with Gasteiger partial charge in [0, 0.05) is 24.7 Å². The second kappa shape index (κ2) is 9.25. The average Bonchev–Trinajstić information content (AvgIpc) is 2.75. The van der Waals surface area contributed by atoms with E-state index in [4.69, 9.17) is 4.74 Å². The molecular formula is C12H23NOS. The van der Waals surface area contributed by atoms with Gasteiger partial charge in [0.2, 0.25) is 0 Å². The van der Waals surface area contributed by atoms with Crippen LogP contribution in [0.5, 0.6) is 0 Å². The van der Waals surface area contributed by atoms with E-state index in [1.54, 1.807) is 0 Å². The van der Waals surface area contributed by atoms with Crippen molar-refractivity contribution in [3.05, 3.63) is 12.7 Å². The number of hydrogen-bond donors (Lipinski definition) is 1. The van der Waals surface area contributed by atoms with Crippen LogP contribution in [0.15, 0.2) is 12.7 Å². The van der Waals surface area contributed by atoms with Crippen LogP contribution in [0.3, 0.4) is 0 Å². The van der Waals surface area contributed by atoms with Crippen molar-refractivity contribution < 1.29 is 4.74 Å². The zero-order valence-electron chi connectivity index (χ0n) is 9.54. The topological polar surface area (TPSA) is 21.3 Å². The Balaban J connectivity index is 1.74. The first kappa shape index (κ1) is 13.1. The van der Waals surface area contributed by atoms with Gasteiger partial charge in [0.25, 0.3) is 0 Å². The SMILES string of the molecule is C=CCSCCNCCCC1CCCO1. The van der Waals surface area contributed by atoms with Gasteiger partial charge >= 0.3 is 0 Å². The van der Waals surface area contributed by atoms with Gasteiger partial charge in [-0.3, -0.25) is 0 Å². The van der Waals surface area contributed by atoms with Crippen molar-refractivity contribution >= 4 is 11.8 Å². The zero-order valence-corrected chi connectivity index (χ0v) is 10.4. The number of ether oxygens (including phenoxy) is 1. The van der Waals surface area contributed by atoms with Crippen molar-refractivity contribution in [3.63, 3.8) is 0 Å². The fourth-order valence-electron chi connectivity index (χ4n) is 1.76. The molecule has 1 aliphatic rings. The molecule has 0 aromatic heterocycles. The molecule has 1 atom stereocenters. The van der Waals surface area contributed by atoms with Crippen LogP contribution >= 0.6 is 11.8 Å². The normalized spacial score (nSPS) is 20.7. The molecular weight excluding hydrogens is 206 g/mol. The standard InChI is InChI=1S/C12H23NOS/c1-2-10-15-11-8-13-7-3-5-12-6-4-9-14-12/h2,12-13H,1,3-11H2. The third-order valence-corrected chi connectivity index (χ3v) is 3.53. The smallest absolute Gasteiger partial charge is 0.0576 e. The van der Waals surface area contributed by atoms with Crippen LogP contribution in [0.4, 0.5) is 0 Å². The van der Waals surface area contributed by atoms with Crippen LogP contribution < -0.4 is 5.32 Å². The molecule has 1 rings (SSSR count). The van der Waals surface area contributed by atoms with Crippen molar-refractivity contribution in [2.45, 2.75) is 31.8 Å². The minimum Gasteiger partial charge on any atom is -0.378 e. The Kier molecular flexibility index (Phi) is 8.07. The van der Waals surface area contributed by atoms with E-state index in [1.165, 1.54) is 31.4 Å². The van der Waals surface area contributed by atoms with Gasteiger partial charge < -0.3 is 10.1 Å². The van der Waals surface area contributed by atoms with Gasteiger partial charge in [-0.05, 0) is 32.2 Å². The van der Waals surface area contributed by atoms with Crippen molar-refractivity contribution in [2.75, 3.05) is 31.2 Å². The fraction of sp³-hybridized carbons (Fsp3) is 0.833. The van der Waals surface area contributed by atoms with Gasteiger partial charge in [0.15, 0.2) is 0 Å². The summed E-state index contributed by atoms with van der Waals surface area (Å²) < 4.78 is 5.57. The van der Waals surface area contributed by atoms with Crippen LogP contribution in [-0.4, -0.2) is 37.3 Å². The average molecular weight is 229 g/mol. The Morgan fingerprint density at radius 3 is 3.13 bits per heavy atom. The highest BCUT2D eigenvalue weighted by molar-refractivity contribution is 7.99. The third kappa shape index (κ3) is 6.98. The fourth-order valence-corrected chi connectivity index (χ4v) is 2.38. The van der Waals surface area contributed by atoms with Crippen molar-refractivity contribution in [3.8, 4) is 0 Å². The summed E-state index contributed by atoms with van der Waals surface area (Å²) >= 11 is 1.93. The van der Waals surface area contributed by atoms with E-state index in [1.807, 2.05) is 17.8 Å². The molecule has 1 fully saturated rings. The summed E-state index contributed by atoms with van der Waals surface area (Å²) in [5.41, 5.74) is 0. The second-order valence-electron chi connectivity index (χ2n) is 3.89. The lowest BCUT2D eigenvalue weighted by atomic mass is 10.1. The summed E-state index contributed by atoms with van der Waals surface area (Å²) in [4.78, 5) is 0. The molecule has 2 nitrogen and oxygen atoms in total. The highest BCUT2D eigenvalue weighted by Crippen LogP contribution is 2.16. The lowest BCUT2D eigenvalue weighted by Gasteiger charge is -2.09.